The largest absolute Gasteiger partial charge is 1.20 e. The Balaban J connectivity index is 1.44. The van der Waals surface area contributed by atoms with Crippen molar-refractivity contribution in [1.29, 1.82) is 0 Å². The van der Waals surface area contributed by atoms with Gasteiger partial charge in [0.1, 0.15) is 33.8 Å². The van der Waals surface area contributed by atoms with Gasteiger partial charge in [-0.1, -0.05) is 54.6 Å². The average Bonchev–Trinajstić information content (AvgIpc) is 2.89. The van der Waals surface area contributed by atoms with Crippen LogP contribution in [0.4, 0.5) is 0 Å². The molecule has 3 aromatic heterocycles. The molecule has 0 spiro atoms. The molecule has 0 aliphatic heterocycles. The third-order valence-electron chi connectivity index (χ3n) is 5.30. The summed E-state index contributed by atoms with van der Waals surface area (Å²) in [6.45, 7) is 0. The summed E-state index contributed by atoms with van der Waals surface area (Å²) in [6, 6.07) is 26.8. The zero-order valence-corrected chi connectivity index (χ0v) is 19.0. The van der Waals surface area contributed by atoms with Crippen LogP contribution in [0.2, 0.25) is 0 Å². The molecule has 6 aromatic rings. The number of para-hydroxylation sites is 3. The van der Waals surface area contributed by atoms with Crippen LogP contribution in [0.1, 0.15) is 4.11 Å². The van der Waals surface area contributed by atoms with Crippen molar-refractivity contribution in [2.45, 2.75) is 0 Å². The van der Waals surface area contributed by atoms with Crippen LogP contribution in [0.3, 0.4) is 0 Å². The number of fused-ring (bicyclic) bond motifs is 3. The van der Waals surface area contributed by atoms with Gasteiger partial charge in [-0.3, -0.25) is 15.0 Å². The molecule has 0 radical (unpaired) electrons. The van der Waals surface area contributed by atoms with Crippen molar-refractivity contribution in [3.05, 3.63) is 110 Å². The lowest BCUT2D eigenvalue weighted by atomic mass is 10.2. The summed E-state index contributed by atoms with van der Waals surface area (Å²) < 4.78 is 42.9. The first-order valence-electron chi connectivity index (χ1n) is 12.1. The Morgan fingerprint density at radius 1 is 0.471 bits per heavy atom. The third-order valence-corrected chi connectivity index (χ3v) is 6.64. The van der Waals surface area contributed by atoms with Crippen LogP contribution in [-0.2, 0) is 0 Å². The third kappa shape index (κ3) is 3.99. The molecule has 0 saturated carbocycles. The van der Waals surface area contributed by atoms with E-state index in [2.05, 4.69) is 15.0 Å². The molecule has 7 heteroatoms. The standard InChI is InChI=1S/3C9H7NO.Al/c3*11-8-5-1-3-7-4-2-6-10-9(7)8;/h3*1-6,11H;/q;;;+3/p-3/i3*6D;. The van der Waals surface area contributed by atoms with E-state index in [9.17, 15) is 0 Å². The van der Waals surface area contributed by atoms with Crippen LogP contribution in [-0.4, -0.2) is 30.1 Å². The second-order valence-electron chi connectivity index (χ2n) is 7.45. The van der Waals surface area contributed by atoms with E-state index in [1.54, 1.807) is 36.4 Å². The molecule has 0 aliphatic carbocycles. The van der Waals surface area contributed by atoms with Crippen LogP contribution in [0.25, 0.3) is 32.7 Å². The predicted molar refractivity (Wildman–Crippen MR) is 133 cm³/mol. The second-order valence-corrected chi connectivity index (χ2v) is 8.73. The van der Waals surface area contributed by atoms with Gasteiger partial charge in [0.05, 0.1) is 4.11 Å². The summed E-state index contributed by atoms with van der Waals surface area (Å²) in [5, 5.41) is 2.45. The molecular formula is C27H18AlN3O3. The highest BCUT2D eigenvalue weighted by Crippen LogP contribution is 2.29. The van der Waals surface area contributed by atoms with E-state index in [0.29, 0.717) is 33.8 Å². The Hall–Kier alpha value is -4.18. The Morgan fingerprint density at radius 3 is 1.15 bits per heavy atom. The summed E-state index contributed by atoms with van der Waals surface area (Å²) in [5.41, 5.74) is 1.57. The molecule has 0 saturated heterocycles. The van der Waals surface area contributed by atoms with Gasteiger partial charge in [0.25, 0.3) is 0 Å². The Kier molecular flexibility index (Phi) is 4.58. The minimum Gasteiger partial charge on any atom is -0.576 e. The SMILES string of the molecule is [2H]c1ccc2cccc([O][Al]([O]c3cccc4ccc([2H])nc34)[O]c3cccc4ccc([2H])nc34)c2n1. The Bertz CT molecular complexity index is 1580. The number of hydrogen-bond acceptors (Lipinski definition) is 6. The molecule has 6 nitrogen and oxygen atoms in total. The van der Waals surface area contributed by atoms with Crippen molar-refractivity contribution in [2.75, 3.05) is 0 Å². The van der Waals surface area contributed by atoms with Crippen LogP contribution < -0.4 is 11.4 Å². The van der Waals surface area contributed by atoms with Gasteiger partial charge in [-0.15, -0.1) is 0 Å². The van der Waals surface area contributed by atoms with Crippen LogP contribution >= 0.6 is 0 Å². The average molecular weight is 462 g/mol. The first kappa shape index (κ1) is 17.3. The highest BCUT2D eigenvalue weighted by atomic mass is 27.3. The first-order valence-corrected chi connectivity index (χ1v) is 12.0. The monoisotopic (exact) mass is 462 g/mol. The second kappa shape index (κ2) is 8.99. The van der Waals surface area contributed by atoms with E-state index in [0.717, 1.165) is 16.2 Å². The van der Waals surface area contributed by atoms with Crippen LogP contribution in [0.5, 0.6) is 17.2 Å². The molecule has 6 rings (SSSR count). The van der Waals surface area contributed by atoms with Crippen molar-refractivity contribution in [3.8, 4) is 17.2 Å². The van der Waals surface area contributed by atoms with Gasteiger partial charge in [-0.25, -0.2) is 0 Å². The van der Waals surface area contributed by atoms with Crippen molar-refractivity contribution < 1.29 is 15.5 Å². The number of nitrogens with zero attached hydrogens (tertiary/aromatic N) is 3. The Labute approximate surface area is 205 Å². The first-order chi connectivity index (χ1) is 18.0. The number of benzene rings is 3. The van der Waals surface area contributed by atoms with Gasteiger partial charge in [0.15, 0.2) is 0 Å². The highest BCUT2D eigenvalue weighted by molar-refractivity contribution is 6.40. The van der Waals surface area contributed by atoms with Gasteiger partial charge in [0, 0.05) is 34.7 Å². The van der Waals surface area contributed by atoms with Gasteiger partial charge >= 0.3 is 15.1 Å². The maximum atomic E-state index is 7.97. The molecule has 34 heavy (non-hydrogen) atoms. The lowest BCUT2D eigenvalue weighted by Crippen LogP contribution is -2.37. The zero-order valence-electron chi connectivity index (χ0n) is 20.8. The maximum Gasteiger partial charge on any atom is 1.20 e. The summed E-state index contributed by atoms with van der Waals surface area (Å²) in [5.74, 6) is 1.27. The van der Waals surface area contributed by atoms with E-state index in [4.69, 9.17) is 15.5 Å². The van der Waals surface area contributed by atoms with Crippen molar-refractivity contribution >= 4 is 47.9 Å². The summed E-state index contributed by atoms with van der Waals surface area (Å²) >= 11 is -3.09. The molecule has 0 N–H and O–H groups in total. The molecule has 0 atom stereocenters. The molecule has 0 unspecified atom stereocenters. The van der Waals surface area contributed by atoms with Crippen molar-refractivity contribution in [2.24, 2.45) is 0 Å². The van der Waals surface area contributed by atoms with E-state index in [1.165, 1.54) is 0 Å². The van der Waals surface area contributed by atoms with Gasteiger partial charge in [-0.2, -0.15) is 0 Å². The summed E-state index contributed by atoms with van der Waals surface area (Å²) in [6.07, 6.45) is 0.350. The minimum absolute atomic E-state index is 0.117. The molecule has 3 aromatic carbocycles. The molecular weight excluding hydrogens is 441 g/mol. The van der Waals surface area contributed by atoms with E-state index >= 15 is 0 Å². The van der Waals surface area contributed by atoms with E-state index in [-0.39, 0.29) is 18.5 Å². The number of rotatable bonds is 6. The van der Waals surface area contributed by atoms with Crippen LogP contribution in [0.15, 0.2) is 110 Å². The lowest BCUT2D eigenvalue weighted by molar-refractivity contribution is 0.311. The quantitative estimate of drug-likeness (QED) is 0.289. The molecule has 0 amide bonds. The zero-order chi connectivity index (χ0) is 25.4. The normalized spacial score (nSPS) is 12.2. The summed E-state index contributed by atoms with van der Waals surface area (Å²) in [4.78, 5) is 13.0. The minimum atomic E-state index is -3.09. The van der Waals surface area contributed by atoms with Gasteiger partial charge in [-0.05, 0) is 36.4 Å². The fraction of sp³-hybridized carbons (Fsp3) is 0. The topological polar surface area (TPSA) is 66.4 Å². The van der Waals surface area contributed by atoms with Gasteiger partial charge < -0.3 is 11.4 Å². The van der Waals surface area contributed by atoms with E-state index < -0.39 is 15.1 Å². The fourth-order valence-corrected chi connectivity index (χ4v) is 5.07. The molecule has 162 valence electrons. The summed E-state index contributed by atoms with van der Waals surface area (Å²) in [7, 11) is 0. The fourth-order valence-electron chi connectivity index (χ4n) is 3.74. The van der Waals surface area contributed by atoms with E-state index in [1.807, 2.05) is 54.6 Å². The smallest absolute Gasteiger partial charge is 0.576 e. The molecule has 0 fully saturated rings. The highest BCUT2D eigenvalue weighted by Gasteiger charge is 2.45. The molecule has 0 aliphatic rings. The van der Waals surface area contributed by atoms with Crippen molar-refractivity contribution in [1.82, 2.24) is 15.0 Å². The molecule has 0 bridgehead atoms. The number of pyridine rings is 3. The maximum absolute atomic E-state index is 7.97. The number of aromatic nitrogens is 3. The molecule has 3 heterocycles. The number of hydrogen-bond donors (Lipinski definition) is 0. The lowest BCUT2D eigenvalue weighted by Gasteiger charge is -2.18. The van der Waals surface area contributed by atoms with Gasteiger partial charge in [0.2, 0.25) is 0 Å². The van der Waals surface area contributed by atoms with Crippen molar-refractivity contribution in [3.63, 3.8) is 0 Å². The Morgan fingerprint density at radius 2 is 0.794 bits per heavy atom. The van der Waals surface area contributed by atoms with Crippen LogP contribution in [0, 0.1) is 0 Å². The predicted octanol–water partition coefficient (Wildman–Crippen LogP) is 5.85.